The lowest BCUT2D eigenvalue weighted by Crippen LogP contribution is -2.44. The highest BCUT2D eigenvalue weighted by Crippen LogP contribution is 2.29. The fourth-order valence-electron chi connectivity index (χ4n) is 2.83. The molecule has 2 amide bonds. The molecule has 0 spiro atoms. The Morgan fingerprint density at radius 2 is 2.03 bits per heavy atom. The van der Waals surface area contributed by atoms with E-state index in [1.165, 1.54) is 34.2 Å². The number of rotatable bonds is 3. The van der Waals surface area contributed by atoms with Crippen LogP contribution in [0.2, 0.25) is 0 Å². The number of cyclic esters (lactones) is 1. The van der Waals surface area contributed by atoms with Crippen molar-refractivity contribution in [2.24, 2.45) is 0 Å². The number of anilines is 2. The number of hydrogen-bond acceptors (Lipinski definition) is 6. The van der Waals surface area contributed by atoms with Gasteiger partial charge in [0.1, 0.15) is 12.4 Å². The lowest BCUT2D eigenvalue weighted by molar-refractivity contribution is -0.114. The maximum absolute atomic E-state index is 14.6. The summed E-state index contributed by atoms with van der Waals surface area (Å²) in [5.41, 5.74) is 0.141. The third-order valence-corrected chi connectivity index (χ3v) is 4.89. The van der Waals surface area contributed by atoms with Crippen molar-refractivity contribution in [3.05, 3.63) is 36.3 Å². The number of carbonyl (C=O) groups excluding carboxylic acids is 3. The van der Waals surface area contributed by atoms with Gasteiger partial charge < -0.3 is 19.3 Å². The number of ether oxygens (including phenoxy) is 2. The highest BCUT2D eigenvalue weighted by Gasteiger charge is 2.37. The molecule has 0 saturated carbocycles. The van der Waals surface area contributed by atoms with Crippen LogP contribution in [-0.2, 0) is 14.3 Å². The SMILES string of the molecule is CN(C(=O)O[C@@H]1CN(c2ccc(N3C=CC(=O)CC3)c(F)c2)C(=O)O1)C(C)(C)C. The van der Waals surface area contributed by atoms with Crippen LogP contribution in [0.15, 0.2) is 30.5 Å². The van der Waals surface area contributed by atoms with Gasteiger partial charge in [-0.05, 0) is 45.0 Å². The Morgan fingerprint density at radius 1 is 1.31 bits per heavy atom. The highest BCUT2D eigenvalue weighted by molar-refractivity contribution is 5.92. The second kappa shape index (κ2) is 7.73. The van der Waals surface area contributed by atoms with Gasteiger partial charge in [-0.2, -0.15) is 0 Å². The monoisotopic (exact) mass is 405 g/mol. The summed E-state index contributed by atoms with van der Waals surface area (Å²) in [6.07, 6.45) is 0.824. The minimum atomic E-state index is -1.08. The summed E-state index contributed by atoms with van der Waals surface area (Å²) in [5.74, 6) is -0.544. The van der Waals surface area contributed by atoms with Crippen molar-refractivity contribution in [2.75, 3.05) is 29.9 Å². The summed E-state index contributed by atoms with van der Waals surface area (Å²) >= 11 is 0. The Balaban J connectivity index is 1.69. The Bertz CT molecular complexity index is 864. The lowest BCUT2D eigenvalue weighted by Gasteiger charge is -2.31. The van der Waals surface area contributed by atoms with E-state index < -0.39 is 29.8 Å². The molecule has 0 unspecified atom stereocenters. The third kappa shape index (κ3) is 4.49. The number of benzene rings is 1. The number of nitrogens with zero attached hydrogens (tertiary/aromatic N) is 3. The maximum atomic E-state index is 14.6. The Labute approximate surface area is 168 Å². The first kappa shape index (κ1) is 20.6. The van der Waals surface area contributed by atoms with E-state index in [4.69, 9.17) is 9.47 Å². The smallest absolute Gasteiger partial charge is 0.407 e. The predicted octanol–water partition coefficient (Wildman–Crippen LogP) is 3.27. The molecule has 1 atom stereocenters. The Hall–Kier alpha value is -3.10. The van der Waals surface area contributed by atoms with E-state index in [9.17, 15) is 18.8 Å². The number of amides is 2. The van der Waals surface area contributed by atoms with E-state index in [1.54, 1.807) is 18.0 Å². The number of hydrogen-bond donors (Lipinski definition) is 0. The summed E-state index contributed by atoms with van der Waals surface area (Å²) < 4.78 is 25.0. The molecule has 0 radical (unpaired) electrons. The maximum Gasteiger partial charge on any atom is 0.417 e. The van der Waals surface area contributed by atoms with Crippen molar-refractivity contribution < 1.29 is 28.2 Å². The molecule has 1 aromatic carbocycles. The minimum Gasteiger partial charge on any atom is -0.407 e. The molecule has 9 heteroatoms. The predicted molar refractivity (Wildman–Crippen MR) is 104 cm³/mol. The molecule has 29 heavy (non-hydrogen) atoms. The summed E-state index contributed by atoms with van der Waals surface area (Å²) in [5, 5.41) is 0. The van der Waals surface area contributed by atoms with Crippen LogP contribution in [0.4, 0.5) is 25.4 Å². The molecule has 0 aromatic heterocycles. The van der Waals surface area contributed by atoms with Gasteiger partial charge in [0.2, 0.25) is 0 Å². The molecule has 0 aliphatic carbocycles. The minimum absolute atomic E-state index is 0.00390. The van der Waals surface area contributed by atoms with Crippen LogP contribution in [-0.4, -0.2) is 54.8 Å². The molecule has 1 saturated heterocycles. The van der Waals surface area contributed by atoms with Crippen LogP contribution in [0.1, 0.15) is 27.2 Å². The summed E-state index contributed by atoms with van der Waals surface area (Å²) in [7, 11) is 1.59. The van der Waals surface area contributed by atoms with E-state index in [1.807, 2.05) is 20.8 Å². The zero-order valence-electron chi connectivity index (χ0n) is 16.8. The van der Waals surface area contributed by atoms with E-state index in [2.05, 4.69) is 0 Å². The largest absolute Gasteiger partial charge is 0.417 e. The molecule has 2 aliphatic heterocycles. The van der Waals surface area contributed by atoms with Gasteiger partial charge in [0.15, 0.2) is 5.78 Å². The third-order valence-electron chi connectivity index (χ3n) is 4.89. The van der Waals surface area contributed by atoms with Crippen molar-refractivity contribution in [1.29, 1.82) is 0 Å². The van der Waals surface area contributed by atoms with Crippen molar-refractivity contribution in [3.8, 4) is 0 Å². The fourth-order valence-corrected chi connectivity index (χ4v) is 2.83. The highest BCUT2D eigenvalue weighted by atomic mass is 19.1. The van der Waals surface area contributed by atoms with Crippen LogP contribution >= 0.6 is 0 Å². The van der Waals surface area contributed by atoms with Crippen molar-refractivity contribution in [3.63, 3.8) is 0 Å². The quantitative estimate of drug-likeness (QED) is 0.768. The molecule has 1 fully saturated rings. The fraction of sp³-hybridized carbons (Fsp3) is 0.450. The molecule has 0 bridgehead atoms. The molecule has 8 nitrogen and oxygen atoms in total. The van der Waals surface area contributed by atoms with Crippen LogP contribution in [0.25, 0.3) is 0 Å². The second-order valence-corrected chi connectivity index (χ2v) is 7.90. The first-order valence-electron chi connectivity index (χ1n) is 9.26. The van der Waals surface area contributed by atoms with Gasteiger partial charge in [-0.3, -0.25) is 9.69 Å². The Kier molecular flexibility index (Phi) is 5.50. The molecular weight excluding hydrogens is 381 g/mol. The van der Waals surface area contributed by atoms with Gasteiger partial charge in [-0.25, -0.2) is 14.0 Å². The number of halogens is 1. The topological polar surface area (TPSA) is 79.4 Å². The van der Waals surface area contributed by atoms with Crippen LogP contribution in [0.5, 0.6) is 0 Å². The Morgan fingerprint density at radius 3 is 2.62 bits per heavy atom. The number of allylic oxidation sites excluding steroid dienone is 1. The van der Waals surface area contributed by atoms with Crippen molar-refractivity contribution in [2.45, 2.75) is 39.0 Å². The summed E-state index contributed by atoms with van der Waals surface area (Å²) in [6, 6.07) is 4.33. The van der Waals surface area contributed by atoms with Crippen LogP contribution in [0, 0.1) is 5.82 Å². The molecule has 156 valence electrons. The van der Waals surface area contributed by atoms with Crippen molar-refractivity contribution >= 4 is 29.3 Å². The van der Waals surface area contributed by atoms with Gasteiger partial charge in [-0.15, -0.1) is 0 Å². The molecule has 1 aromatic rings. The van der Waals surface area contributed by atoms with Gasteiger partial charge in [-0.1, -0.05) is 0 Å². The first-order chi connectivity index (χ1) is 13.6. The zero-order chi connectivity index (χ0) is 21.3. The standard InChI is InChI=1S/C20H24FN3O5/c1-20(2,3)22(4)18(26)28-17-12-24(19(27)29-17)13-5-6-16(15(21)11-13)23-9-7-14(25)8-10-23/h5-7,9,11,17H,8,10,12H2,1-4H3/t17-/m0/s1. The molecule has 3 rings (SSSR count). The average Bonchev–Trinajstić information content (AvgIpc) is 3.01. The molecule has 0 N–H and O–H groups in total. The van der Waals surface area contributed by atoms with Gasteiger partial charge in [0.05, 0.1) is 11.4 Å². The van der Waals surface area contributed by atoms with Gasteiger partial charge in [0, 0.05) is 31.8 Å². The molecule has 2 aliphatic rings. The second-order valence-electron chi connectivity index (χ2n) is 7.90. The average molecular weight is 405 g/mol. The normalized spacial score (nSPS) is 19.4. The number of ketones is 1. The molecule has 2 heterocycles. The lowest BCUT2D eigenvalue weighted by atomic mass is 10.1. The molecular formula is C20H24FN3O5. The van der Waals surface area contributed by atoms with E-state index in [-0.39, 0.29) is 18.0 Å². The van der Waals surface area contributed by atoms with Crippen LogP contribution in [0.3, 0.4) is 0 Å². The number of carbonyl (C=O) groups is 3. The zero-order valence-corrected chi connectivity index (χ0v) is 16.8. The van der Waals surface area contributed by atoms with Gasteiger partial charge in [0.25, 0.3) is 6.29 Å². The van der Waals surface area contributed by atoms with Crippen LogP contribution < -0.4 is 9.80 Å². The van der Waals surface area contributed by atoms with Gasteiger partial charge >= 0.3 is 12.2 Å². The van der Waals surface area contributed by atoms with E-state index in [0.29, 0.717) is 18.7 Å². The summed E-state index contributed by atoms with van der Waals surface area (Å²) in [4.78, 5) is 39.9. The van der Waals surface area contributed by atoms with Crippen molar-refractivity contribution in [1.82, 2.24) is 4.90 Å². The summed E-state index contributed by atoms with van der Waals surface area (Å²) in [6.45, 7) is 5.88. The van der Waals surface area contributed by atoms with E-state index in [0.717, 1.165) is 0 Å². The van der Waals surface area contributed by atoms with E-state index >= 15 is 0 Å². The first-order valence-corrected chi connectivity index (χ1v) is 9.26.